The van der Waals surface area contributed by atoms with Crippen LogP contribution in [0.1, 0.15) is 12.8 Å². The molecule has 0 aromatic heterocycles. The van der Waals surface area contributed by atoms with Crippen molar-refractivity contribution in [1.82, 2.24) is 0 Å². The number of benzene rings is 1. The van der Waals surface area contributed by atoms with Gasteiger partial charge in [-0.05, 0) is 25.0 Å². The SMILES string of the molecule is NC(=NO)C1(C(=O)Nc2c(Cl)cc(Br)cc2Cl)CC1. The van der Waals surface area contributed by atoms with Crippen molar-refractivity contribution < 1.29 is 10.0 Å². The van der Waals surface area contributed by atoms with Crippen molar-refractivity contribution >= 4 is 56.6 Å². The van der Waals surface area contributed by atoms with Gasteiger partial charge >= 0.3 is 0 Å². The van der Waals surface area contributed by atoms with Crippen LogP contribution in [0, 0.1) is 5.41 Å². The Morgan fingerprint density at radius 1 is 1.42 bits per heavy atom. The van der Waals surface area contributed by atoms with Gasteiger partial charge < -0.3 is 16.3 Å². The van der Waals surface area contributed by atoms with Crippen molar-refractivity contribution in [2.75, 3.05) is 5.32 Å². The van der Waals surface area contributed by atoms with Gasteiger partial charge in [-0.15, -0.1) is 0 Å². The Kier molecular flexibility index (Phi) is 3.94. The molecule has 8 heteroatoms. The Bertz CT molecular complexity index is 550. The van der Waals surface area contributed by atoms with Crippen molar-refractivity contribution in [2.24, 2.45) is 16.3 Å². The van der Waals surface area contributed by atoms with Crippen LogP contribution in [0.15, 0.2) is 21.8 Å². The summed E-state index contributed by atoms with van der Waals surface area (Å²) < 4.78 is 0.707. The molecule has 5 nitrogen and oxygen atoms in total. The summed E-state index contributed by atoms with van der Waals surface area (Å²) >= 11 is 15.3. The largest absolute Gasteiger partial charge is 0.409 e. The highest BCUT2D eigenvalue weighted by molar-refractivity contribution is 9.10. The molecule has 0 atom stereocenters. The zero-order chi connectivity index (χ0) is 14.2. The van der Waals surface area contributed by atoms with Gasteiger partial charge in [0.1, 0.15) is 5.41 Å². The summed E-state index contributed by atoms with van der Waals surface area (Å²) in [7, 11) is 0. The average molecular weight is 367 g/mol. The van der Waals surface area contributed by atoms with Crippen LogP contribution in [-0.2, 0) is 4.79 Å². The zero-order valence-electron chi connectivity index (χ0n) is 9.58. The first-order chi connectivity index (χ1) is 8.90. The monoisotopic (exact) mass is 365 g/mol. The number of amidine groups is 1. The van der Waals surface area contributed by atoms with Gasteiger partial charge in [0.15, 0.2) is 5.84 Å². The van der Waals surface area contributed by atoms with E-state index in [0.29, 0.717) is 33.0 Å². The Morgan fingerprint density at radius 3 is 2.37 bits per heavy atom. The number of nitrogens with two attached hydrogens (primary N) is 1. The summed E-state index contributed by atoms with van der Waals surface area (Å²) in [5.41, 5.74) is 4.90. The number of carbonyl (C=O) groups excluding carboxylic acids is 1. The normalized spacial score (nSPS) is 17.1. The second kappa shape index (κ2) is 5.19. The molecule has 1 aliphatic carbocycles. The molecule has 0 bridgehead atoms. The lowest BCUT2D eigenvalue weighted by Gasteiger charge is -2.15. The van der Waals surface area contributed by atoms with Crippen LogP contribution in [0.4, 0.5) is 5.69 Å². The number of hydrogen-bond acceptors (Lipinski definition) is 3. The Morgan fingerprint density at radius 2 is 1.95 bits per heavy atom. The number of oxime groups is 1. The topological polar surface area (TPSA) is 87.7 Å². The number of nitrogens with zero attached hydrogens (tertiary/aromatic N) is 1. The van der Waals surface area contributed by atoms with Gasteiger partial charge in [-0.3, -0.25) is 4.79 Å². The number of rotatable bonds is 3. The van der Waals surface area contributed by atoms with Gasteiger partial charge in [0.2, 0.25) is 5.91 Å². The summed E-state index contributed by atoms with van der Waals surface area (Å²) in [5, 5.41) is 14.8. The molecule has 0 heterocycles. The van der Waals surface area contributed by atoms with E-state index in [1.165, 1.54) is 0 Å². The number of hydrogen-bond donors (Lipinski definition) is 3. The standard InChI is InChI=1S/C11H10BrCl2N3O2/c12-5-3-6(13)8(7(14)4-5)16-10(18)11(1-2-11)9(15)17-19/h3-4,19H,1-2H2,(H2,15,17)(H,16,18). The minimum Gasteiger partial charge on any atom is -0.409 e. The highest BCUT2D eigenvalue weighted by Crippen LogP contribution is 2.47. The maximum absolute atomic E-state index is 12.2. The third-order valence-electron chi connectivity index (χ3n) is 3.03. The Labute approximate surface area is 127 Å². The summed E-state index contributed by atoms with van der Waals surface area (Å²) in [4.78, 5) is 12.2. The maximum atomic E-state index is 12.2. The molecular formula is C11H10BrCl2N3O2. The smallest absolute Gasteiger partial charge is 0.238 e. The number of anilines is 1. The zero-order valence-corrected chi connectivity index (χ0v) is 12.7. The van der Waals surface area contributed by atoms with Crippen LogP contribution in [-0.4, -0.2) is 17.0 Å². The maximum Gasteiger partial charge on any atom is 0.238 e. The lowest BCUT2D eigenvalue weighted by molar-refractivity contribution is -0.119. The van der Waals surface area contributed by atoms with Crippen molar-refractivity contribution in [2.45, 2.75) is 12.8 Å². The number of amides is 1. The van der Waals surface area contributed by atoms with Gasteiger partial charge in [0.25, 0.3) is 0 Å². The summed E-state index contributed by atoms with van der Waals surface area (Å²) in [6.45, 7) is 0. The second-order valence-electron chi connectivity index (χ2n) is 4.27. The fraction of sp³-hybridized carbons (Fsp3) is 0.273. The van der Waals surface area contributed by atoms with Gasteiger partial charge in [-0.25, -0.2) is 0 Å². The predicted molar refractivity (Wildman–Crippen MR) is 77.9 cm³/mol. The van der Waals surface area contributed by atoms with Crippen LogP contribution >= 0.6 is 39.1 Å². The van der Waals surface area contributed by atoms with E-state index < -0.39 is 5.41 Å². The molecule has 4 N–H and O–H groups in total. The van der Waals surface area contributed by atoms with Gasteiger partial charge in [0.05, 0.1) is 15.7 Å². The van der Waals surface area contributed by atoms with Crippen LogP contribution in [0.25, 0.3) is 0 Å². The van der Waals surface area contributed by atoms with Gasteiger partial charge in [-0.1, -0.05) is 44.3 Å². The lowest BCUT2D eigenvalue weighted by Crippen LogP contribution is -2.36. The van der Waals surface area contributed by atoms with E-state index in [-0.39, 0.29) is 11.7 Å². The second-order valence-corrected chi connectivity index (χ2v) is 6.00. The quantitative estimate of drug-likeness (QED) is 0.332. The predicted octanol–water partition coefficient (Wildman–Crippen LogP) is 3.22. The molecule has 0 radical (unpaired) electrons. The van der Waals surface area contributed by atoms with Crippen LogP contribution in [0.5, 0.6) is 0 Å². The molecule has 2 rings (SSSR count). The van der Waals surface area contributed by atoms with Crippen LogP contribution in [0.2, 0.25) is 10.0 Å². The molecule has 1 aromatic rings. The lowest BCUT2D eigenvalue weighted by atomic mass is 10.1. The molecule has 102 valence electrons. The van der Waals surface area contributed by atoms with E-state index in [4.69, 9.17) is 34.1 Å². The van der Waals surface area contributed by atoms with Crippen molar-refractivity contribution in [3.63, 3.8) is 0 Å². The van der Waals surface area contributed by atoms with E-state index in [1.54, 1.807) is 12.1 Å². The molecule has 1 fully saturated rings. The Hall–Kier alpha value is -0.980. The third kappa shape index (κ3) is 2.66. The number of nitrogens with one attached hydrogen (secondary N) is 1. The molecule has 0 unspecified atom stereocenters. The highest BCUT2D eigenvalue weighted by atomic mass is 79.9. The average Bonchev–Trinajstić information content (AvgIpc) is 3.13. The molecule has 0 saturated heterocycles. The molecule has 0 aliphatic heterocycles. The molecule has 1 amide bonds. The Balaban J connectivity index is 2.26. The highest BCUT2D eigenvalue weighted by Gasteiger charge is 2.54. The molecule has 1 aliphatic rings. The number of carbonyl (C=O) groups is 1. The van der Waals surface area contributed by atoms with Crippen molar-refractivity contribution in [3.8, 4) is 0 Å². The molecule has 1 aromatic carbocycles. The minimum absolute atomic E-state index is 0.102. The fourth-order valence-electron chi connectivity index (χ4n) is 1.72. The summed E-state index contributed by atoms with van der Waals surface area (Å²) in [5.74, 6) is -0.483. The van der Waals surface area contributed by atoms with E-state index in [1.807, 2.05) is 0 Å². The molecule has 19 heavy (non-hydrogen) atoms. The van der Waals surface area contributed by atoms with E-state index in [0.717, 1.165) is 0 Å². The minimum atomic E-state index is -0.950. The molecule has 1 saturated carbocycles. The van der Waals surface area contributed by atoms with Crippen LogP contribution in [0.3, 0.4) is 0 Å². The van der Waals surface area contributed by atoms with E-state index in [9.17, 15) is 4.79 Å². The van der Waals surface area contributed by atoms with Crippen LogP contribution < -0.4 is 11.1 Å². The fourth-order valence-corrected chi connectivity index (χ4v) is 3.02. The van der Waals surface area contributed by atoms with Crippen molar-refractivity contribution in [3.05, 3.63) is 26.7 Å². The van der Waals surface area contributed by atoms with Crippen molar-refractivity contribution in [1.29, 1.82) is 0 Å². The van der Waals surface area contributed by atoms with Gasteiger partial charge in [0, 0.05) is 4.47 Å². The third-order valence-corrected chi connectivity index (χ3v) is 4.08. The molecular weight excluding hydrogens is 357 g/mol. The van der Waals surface area contributed by atoms with E-state index in [2.05, 4.69) is 26.4 Å². The van der Waals surface area contributed by atoms with E-state index >= 15 is 0 Å². The number of halogens is 3. The summed E-state index contributed by atoms with van der Waals surface area (Å²) in [6.07, 6.45) is 1.06. The first-order valence-corrected chi connectivity index (χ1v) is 6.89. The summed E-state index contributed by atoms with van der Waals surface area (Å²) in [6, 6.07) is 3.23. The van der Waals surface area contributed by atoms with Gasteiger partial charge in [-0.2, -0.15) is 0 Å². The first-order valence-electron chi connectivity index (χ1n) is 5.35. The first kappa shape index (κ1) is 14.4. The molecule has 0 spiro atoms.